The molecule has 72 valence electrons. The first kappa shape index (κ1) is 9.80. The number of nitrogens with one attached hydrogen (secondary N) is 2. The zero-order chi connectivity index (χ0) is 9.90. The number of hydrogen-bond donors (Lipinski definition) is 3. The van der Waals surface area contributed by atoms with Crippen molar-refractivity contribution in [3.05, 3.63) is 24.0 Å². The lowest BCUT2D eigenvalue weighted by Gasteiger charge is -2.21. The minimum atomic E-state index is -0.662. The Morgan fingerprint density at radius 3 is 2.85 bits per heavy atom. The lowest BCUT2D eigenvalue weighted by molar-refractivity contribution is -0.123. The molecule has 4 heteroatoms. The van der Waals surface area contributed by atoms with Crippen LogP contribution >= 0.6 is 0 Å². The molecule has 0 bridgehead atoms. The quantitative estimate of drug-likeness (QED) is 0.628. The maximum absolute atomic E-state index is 10.9. The molecule has 0 aliphatic rings. The molecule has 1 rings (SSSR count). The van der Waals surface area contributed by atoms with Crippen LogP contribution in [0.3, 0.4) is 0 Å². The maximum Gasteiger partial charge on any atom is 0.237 e. The van der Waals surface area contributed by atoms with E-state index in [4.69, 9.17) is 5.73 Å². The number of aromatic amines is 1. The molecule has 1 aromatic rings. The number of amides is 1. The molecule has 4 N–H and O–H groups in total. The Kier molecular flexibility index (Phi) is 2.72. The van der Waals surface area contributed by atoms with Crippen LogP contribution in [-0.4, -0.2) is 16.4 Å². The van der Waals surface area contributed by atoms with Crippen molar-refractivity contribution in [1.29, 1.82) is 0 Å². The van der Waals surface area contributed by atoms with E-state index in [1.165, 1.54) is 0 Å². The molecule has 0 unspecified atom stereocenters. The van der Waals surface area contributed by atoms with E-state index in [1.54, 1.807) is 13.8 Å². The maximum atomic E-state index is 10.9. The second-order valence-corrected chi connectivity index (χ2v) is 3.54. The average Bonchev–Trinajstić information content (AvgIpc) is 2.52. The van der Waals surface area contributed by atoms with Gasteiger partial charge in [-0.1, -0.05) is 0 Å². The number of H-pyrrole nitrogens is 1. The Hall–Kier alpha value is -1.29. The van der Waals surface area contributed by atoms with E-state index in [1.807, 2.05) is 18.3 Å². The molecule has 0 atom stereocenters. The Balaban J connectivity index is 2.47. The van der Waals surface area contributed by atoms with Gasteiger partial charge in [0, 0.05) is 18.4 Å². The molecule has 4 nitrogen and oxygen atoms in total. The number of rotatable bonds is 4. The third-order valence-electron chi connectivity index (χ3n) is 2.00. The fourth-order valence-electron chi connectivity index (χ4n) is 0.881. The number of nitrogens with two attached hydrogens (primary N) is 1. The SMILES string of the molecule is CC(C)(NCc1ccc[nH]1)C(N)=O. The van der Waals surface area contributed by atoms with Gasteiger partial charge in [0.25, 0.3) is 0 Å². The summed E-state index contributed by atoms with van der Waals surface area (Å²) in [5.41, 5.74) is 5.57. The van der Waals surface area contributed by atoms with E-state index < -0.39 is 5.54 Å². The highest BCUT2D eigenvalue weighted by Gasteiger charge is 2.23. The summed E-state index contributed by atoms with van der Waals surface area (Å²) in [7, 11) is 0. The monoisotopic (exact) mass is 181 g/mol. The minimum absolute atomic E-state index is 0.348. The van der Waals surface area contributed by atoms with Gasteiger partial charge in [-0.3, -0.25) is 10.1 Å². The standard InChI is InChI=1S/C9H15N3O/c1-9(2,8(10)13)12-6-7-4-3-5-11-7/h3-5,11-12H,6H2,1-2H3,(H2,10,13). The summed E-state index contributed by atoms with van der Waals surface area (Å²) in [5.74, 6) is -0.348. The Morgan fingerprint density at radius 1 is 1.69 bits per heavy atom. The topological polar surface area (TPSA) is 70.9 Å². The zero-order valence-electron chi connectivity index (χ0n) is 7.92. The van der Waals surface area contributed by atoms with Gasteiger partial charge in [-0.25, -0.2) is 0 Å². The minimum Gasteiger partial charge on any atom is -0.368 e. The van der Waals surface area contributed by atoms with Gasteiger partial charge in [0.05, 0.1) is 5.54 Å². The third-order valence-corrected chi connectivity index (χ3v) is 2.00. The molecule has 0 saturated heterocycles. The number of carbonyl (C=O) groups is 1. The van der Waals surface area contributed by atoms with Crippen LogP contribution in [-0.2, 0) is 11.3 Å². The number of primary amides is 1. The van der Waals surface area contributed by atoms with Gasteiger partial charge in [-0.05, 0) is 26.0 Å². The number of aromatic nitrogens is 1. The molecule has 0 aromatic carbocycles. The Bertz CT molecular complexity index is 277. The largest absolute Gasteiger partial charge is 0.368 e. The summed E-state index contributed by atoms with van der Waals surface area (Å²) in [5, 5.41) is 3.06. The highest BCUT2D eigenvalue weighted by Crippen LogP contribution is 2.02. The van der Waals surface area contributed by atoms with Crippen LogP contribution < -0.4 is 11.1 Å². The first-order valence-electron chi connectivity index (χ1n) is 4.19. The molecular weight excluding hydrogens is 166 g/mol. The van der Waals surface area contributed by atoms with Crippen molar-refractivity contribution in [3.8, 4) is 0 Å². The van der Waals surface area contributed by atoms with Crippen LogP contribution in [0.15, 0.2) is 18.3 Å². The van der Waals surface area contributed by atoms with Gasteiger partial charge < -0.3 is 10.7 Å². The van der Waals surface area contributed by atoms with Crippen molar-refractivity contribution in [2.24, 2.45) is 5.73 Å². The van der Waals surface area contributed by atoms with Crippen molar-refractivity contribution in [3.63, 3.8) is 0 Å². The molecule has 0 fully saturated rings. The van der Waals surface area contributed by atoms with Gasteiger partial charge in [-0.15, -0.1) is 0 Å². The zero-order valence-corrected chi connectivity index (χ0v) is 7.92. The predicted octanol–water partition coefficient (Wildman–Crippen LogP) is 0.368. The van der Waals surface area contributed by atoms with Crippen molar-refractivity contribution >= 4 is 5.91 Å². The fourth-order valence-corrected chi connectivity index (χ4v) is 0.881. The van der Waals surface area contributed by atoms with Crippen LogP contribution in [0.1, 0.15) is 19.5 Å². The van der Waals surface area contributed by atoms with Gasteiger partial charge in [0.2, 0.25) is 5.91 Å². The highest BCUT2D eigenvalue weighted by molar-refractivity contribution is 5.83. The van der Waals surface area contributed by atoms with E-state index in [0.29, 0.717) is 6.54 Å². The van der Waals surface area contributed by atoms with Gasteiger partial charge in [0.1, 0.15) is 0 Å². The van der Waals surface area contributed by atoms with Crippen molar-refractivity contribution in [2.45, 2.75) is 25.9 Å². The number of carbonyl (C=O) groups excluding carboxylic acids is 1. The summed E-state index contributed by atoms with van der Waals surface area (Å²) in [6.07, 6.45) is 1.84. The van der Waals surface area contributed by atoms with Gasteiger partial charge >= 0.3 is 0 Å². The van der Waals surface area contributed by atoms with E-state index >= 15 is 0 Å². The second kappa shape index (κ2) is 3.62. The smallest absolute Gasteiger partial charge is 0.237 e. The Morgan fingerprint density at radius 2 is 2.38 bits per heavy atom. The van der Waals surface area contributed by atoms with Crippen molar-refractivity contribution < 1.29 is 4.79 Å². The van der Waals surface area contributed by atoms with Crippen molar-refractivity contribution in [2.75, 3.05) is 0 Å². The summed E-state index contributed by atoms with van der Waals surface area (Å²) in [6, 6.07) is 3.86. The van der Waals surface area contributed by atoms with Crippen LogP contribution in [0.4, 0.5) is 0 Å². The predicted molar refractivity (Wildman–Crippen MR) is 50.9 cm³/mol. The molecule has 1 heterocycles. The number of hydrogen-bond acceptors (Lipinski definition) is 2. The lowest BCUT2D eigenvalue weighted by Crippen LogP contribution is -2.50. The molecule has 0 aliphatic carbocycles. The summed E-state index contributed by atoms with van der Waals surface area (Å²) in [4.78, 5) is 14.0. The molecule has 0 aliphatic heterocycles. The molecule has 1 aromatic heterocycles. The molecule has 0 radical (unpaired) electrons. The molecule has 13 heavy (non-hydrogen) atoms. The fraction of sp³-hybridized carbons (Fsp3) is 0.444. The van der Waals surface area contributed by atoms with E-state index in [0.717, 1.165) is 5.69 Å². The van der Waals surface area contributed by atoms with Crippen LogP contribution in [0.5, 0.6) is 0 Å². The highest BCUT2D eigenvalue weighted by atomic mass is 16.1. The summed E-state index contributed by atoms with van der Waals surface area (Å²) < 4.78 is 0. The molecule has 0 spiro atoms. The Labute approximate surface area is 77.5 Å². The summed E-state index contributed by atoms with van der Waals surface area (Å²) >= 11 is 0. The lowest BCUT2D eigenvalue weighted by atomic mass is 10.1. The first-order valence-corrected chi connectivity index (χ1v) is 4.19. The second-order valence-electron chi connectivity index (χ2n) is 3.54. The summed E-state index contributed by atoms with van der Waals surface area (Å²) in [6.45, 7) is 4.14. The van der Waals surface area contributed by atoms with E-state index in [-0.39, 0.29) is 5.91 Å². The van der Waals surface area contributed by atoms with Crippen molar-refractivity contribution in [1.82, 2.24) is 10.3 Å². The van der Waals surface area contributed by atoms with Crippen LogP contribution in [0, 0.1) is 0 Å². The normalized spacial score (nSPS) is 11.5. The average molecular weight is 181 g/mol. The third kappa shape index (κ3) is 2.59. The van der Waals surface area contributed by atoms with Gasteiger partial charge in [0.15, 0.2) is 0 Å². The van der Waals surface area contributed by atoms with Crippen LogP contribution in [0.25, 0.3) is 0 Å². The van der Waals surface area contributed by atoms with E-state index in [2.05, 4.69) is 10.3 Å². The van der Waals surface area contributed by atoms with Crippen LogP contribution in [0.2, 0.25) is 0 Å². The van der Waals surface area contributed by atoms with Gasteiger partial charge in [-0.2, -0.15) is 0 Å². The van der Waals surface area contributed by atoms with E-state index in [9.17, 15) is 4.79 Å². The molecule has 0 saturated carbocycles. The first-order chi connectivity index (χ1) is 6.02. The molecular formula is C9H15N3O. The molecule has 1 amide bonds.